The second kappa shape index (κ2) is 4.21. The van der Waals surface area contributed by atoms with Gasteiger partial charge in [-0.15, -0.1) is 0 Å². The molecular weight excluding hydrogens is 194 g/mol. The Kier molecular flexibility index (Phi) is 2.72. The molecule has 0 bridgehead atoms. The SMILES string of the molecule is Cc1cccc2c1C(C1CCCCC1)NC2. The molecule has 0 amide bonds. The van der Waals surface area contributed by atoms with Crippen LogP contribution in [0.3, 0.4) is 0 Å². The summed E-state index contributed by atoms with van der Waals surface area (Å²) in [5.41, 5.74) is 4.64. The van der Waals surface area contributed by atoms with Crippen LogP contribution in [0.2, 0.25) is 0 Å². The van der Waals surface area contributed by atoms with Crippen molar-refractivity contribution in [1.29, 1.82) is 0 Å². The van der Waals surface area contributed by atoms with Gasteiger partial charge in [0.25, 0.3) is 0 Å². The number of hydrogen-bond donors (Lipinski definition) is 1. The molecule has 16 heavy (non-hydrogen) atoms. The van der Waals surface area contributed by atoms with Gasteiger partial charge in [-0.25, -0.2) is 0 Å². The molecule has 2 aliphatic rings. The molecule has 1 nitrogen and oxygen atoms in total. The highest BCUT2D eigenvalue weighted by Gasteiger charge is 2.30. The van der Waals surface area contributed by atoms with E-state index < -0.39 is 0 Å². The summed E-state index contributed by atoms with van der Waals surface area (Å²) < 4.78 is 0. The Balaban J connectivity index is 1.89. The molecule has 0 saturated heterocycles. The van der Waals surface area contributed by atoms with Crippen LogP contribution >= 0.6 is 0 Å². The van der Waals surface area contributed by atoms with Crippen LogP contribution in [0, 0.1) is 12.8 Å². The molecule has 1 saturated carbocycles. The first kappa shape index (κ1) is 10.3. The van der Waals surface area contributed by atoms with Gasteiger partial charge in [-0.2, -0.15) is 0 Å². The second-order valence-electron chi connectivity index (χ2n) is 5.40. The summed E-state index contributed by atoms with van der Waals surface area (Å²) in [6, 6.07) is 7.40. The van der Waals surface area contributed by atoms with Gasteiger partial charge >= 0.3 is 0 Å². The largest absolute Gasteiger partial charge is 0.306 e. The maximum atomic E-state index is 3.73. The summed E-state index contributed by atoms with van der Waals surface area (Å²) in [5, 5.41) is 3.73. The molecule has 1 atom stereocenters. The van der Waals surface area contributed by atoms with E-state index >= 15 is 0 Å². The molecule has 1 fully saturated rings. The van der Waals surface area contributed by atoms with Crippen molar-refractivity contribution in [2.45, 2.75) is 51.6 Å². The Labute approximate surface area is 98.3 Å². The highest BCUT2D eigenvalue weighted by Crippen LogP contribution is 2.40. The van der Waals surface area contributed by atoms with Crippen molar-refractivity contribution in [3.05, 3.63) is 34.9 Å². The summed E-state index contributed by atoms with van der Waals surface area (Å²) in [6.45, 7) is 3.35. The lowest BCUT2D eigenvalue weighted by molar-refractivity contribution is 0.282. The second-order valence-corrected chi connectivity index (χ2v) is 5.40. The third kappa shape index (κ3) is 1.67. The predicted octanol–water partition coefficient (Wildman–Crippen LogP) is 3.72. The van der Waals surface area contributed by atoms with Gasteiger partial charge < -0.3 is 5.32 Å². The van der Waals surface area contributed by atoms with Gasteiger partial charge in [-0.05, 0) is 42.4 Å². The zero-order valence-corrected chi connectivity index (χ0v) is 10.1. The van der Waals surface area contributed by atoms with E-state index in [9.17, 15) is 0 Å². The fraction of sp³-hybridized carbons (Fsp3) is 0.600. The predicted molar refractivity (Wildman–Crippen MR) is 67.3 cm³/mol. The van der Waals surface area contributed by atoms with Gasteiger partial charge in [0.15, 0.2) is 0 Å². The van der Waals surface area contributed by atoms with Crippen molar-refractivity contribution in [3.63, 3.8) is 0 Å². The minimum atomic E-state index is 0.650. The molecule has 1 N–H and O–H groups in total. The van der Waals surface area contributed by atoms with Gasteiger partial charge in [0.2, 0.25) is 0 Å². The minimum Gasteiger partial charge on any atom is -0.306 e. The van der Waals surface area contributed by atoms with Crippen molar-refractivity contribution in [2.24, 2.45) is 5.92 Å². The summed E-state index contributed by atoms with van der Waals surface area (Å²) in [4.78, 5) is 0. The van der Waals surface area contributed by atoms with Crippen LogP contribution in [0.5, 0.6) is 0 Å². The van der Waals surface area contributed by atoms with Crippen molar-refractivity contribution in [2.75, 3.05) is 0 Å². The van der Waals surface area contributed by atoms with Crippen LogP contribution in [0.15, 0.2) is 18.2 Å². The number of nitrogens with one attached hydrogen (secondary N) is 1. The summed E-state index contributed by atoms with van der Waals surface area (Å²) in [7, 11) is 0. The summed E-state index contributed by atoms with van der Waals surface area (Å²) in [6.07, 6.45) is 7.16. The zero-order valence-electron chi connectivity index (χ0n) is 10.1. The van der Waals surface area contributed by atoms with Crippen LogP contribution in [0.1, 0.15) is 54.8 Å². The van der Waals surface area contributed by atoms with Gasteiger partial charge in [0, 0.05) is 12.6 Å². The van der Waals surface area contributed by atoms with E-state index in [2.05, 4.69) is 30.4 Å². The van der Waals surface area contributed by atoms with E-state index in [-0.39, 0.29) is 0 Å². The summed E-state index contributed by atoms with van der Waals surface area (Å²) >= 11 is 0. The van der Waals surface area contributed by atoms with Gasteiger partial charge in [0.1, 0.15) is 0 Å². The number of benzene rings is 1. The first-order chi connectivity index (χ1) is 7.86. The highest BCUT2D eigenvalue weighted by atomic mass is 14.9. The molecule has 1 aromatic carbocycles. The van der Waals surface area contributed by atoms with Gasteiger partial charge in [-0.1, -0.05) is 37.5 Å². The van der Waals surface area contributed by atoms with Crippen molar-refractivity contribution in [1.82, 2.24) is 5.32 Å². The number of fused-ring (bicyclic) bond motifs is 1. The van der Waals surface area contributed by atoms with E-state index in [0.29, 0.717) is 6.04 Å². The minimum absolute atomic E-state index is 0.650. The fourth-order valence-corrected chi connectivity index (χ4v) is 3.53. The van der Waals surface area contributed by atoms with Crippen LogP contribution in [-0.2, 0) is 6.54 Å². The maximum absolute atomic E-state index is 3.73. The third-order valence-corrected chi connectivity index (χ3v) is 4.36. The fourth-order valence-electron chi connectivity index (χ4n) is 3.53. The lowest BCUT2D eigenvalue weighted by Gasteiger charge is -2.29. The number of aryl methyl sites for hydroxylation is 1. The first-order valence-electron chi connectivity index (χ1n) is 6.68. The van der Waals surface area contributed by atoms with Gasteiger partial charge in [0.05, 0.1) is 0 Å². The van der Waals surface area contributed by atoms with Crippen LogP contribution in [-0.4, -0.2) is 0 Å². The molecule has 0 aromatic heterocycles. The molecule has 1 aliphatic carbocycles. The van der Waals surface area contributed by atoms with E-state index in [1.165, 1.54) is 43.2 Å². The Hall–Kier alpha value is -0.820. The van der Waals surface area contributed by atoms with Gasteiger partial charge in [-0.3, -0.25) is 0 Å². The van der Waals surface area contributed by atoms with E-state index in [4.69, 9.17) is 0 Å². The van der Waals surface area contributed by atoms with Crippen LogP contribution in [0.4, 0.5) is 0 Å². The number of rotatable bonds is 1. The zero-order chi connectivity index (χ0) is 11.0. The Morgan fingerprint density at radius 3 is 2.75 bits per heavy atom. The van der Waals surface area contributed by atoms with Crippen molar-refractivity contribution < 1.29 is 0 Å². The van der Waals surface area contributed by atoms with E-state index in [1.807, 2.05) is 0 Å². The Bertz CT molecular complexity index is 377. The highest BCUT2D eigenvalue weighted by molar-refractivity contribution is 5.40. The molecule has 86 valence electrons. The molecule has 1 aliphatic heterocycles. The molecule has 0 radical (unpaired) electrons. The monoisotopic (exact) mass is 215 g/mol. The average molecular weight is 215 g/mol. The molecule has 1 heterocycles. The maximum Gasteiger partial charge on any atom is 0.0357 e. The van der Waals surface area contributed by atoms with Crippen molar-refractivity contribution in [3.8, 4) is 0 Å². The Morgan fingerprint density at radius 1 is 1.12 bits per heavy atom. The number of hydrogen-bond acceptors (Lipinski definition) is 1. The molecule has 0 spiro atoms. The quantitative estimate of drug-likeness (QED) is 0.753. The lowest BCUT2D eigenvalue weighted by atomic mass is 9.80. The lowest BCUT2D eigenvalue weighted by Crippen LogP contribution is -2.24. The first-order valence-corrected chi connectivity index (χ1v) is 6.68. The van der Waals surface area contributed by atoms with Crippen LogP contribution in [0.25, 0.3) is 0 Å². The van der Waals surface area contributed by atoms with E-state index in [0.717, 1.165) is 12.5 Å². The van der Waals surface area contributed by atoms with Crippen LogP contribution < -0.4 is 5.32 Å². The van der Waals surface area contributed by atoms with Crippen molar-refractivity contribution >= 4 is 0 Å². The molecule has 3 rings (SSSR count). The molecule has 1 unspecified atom stereocenters. The smallest absolute Gasteiger partial charge is 0.0357 e. The molecule has 1 aromatic rings. The Morgan fingerprint density at radius 2 is 1.94 bits per heavy atom. The molecular formula is C15H21N. The molecule has 1 heteroatoms. The summed E-state index contributed by atoms with van der Waals surface area (Å²) in [5.74, 6) is 0.885. The normalized spacial score (nSPS) is 25.7. The standard InChI is InChI=1S/C15H21N/c1-11-6-5-9-13-10-16-15(14(11)13)12-7-3-2-4-8-12/h5-6,9,12,15-16H,2-4,7-8,10H2,1H3. The average Bonchev–Trinajstić information content (AvgIpc) is 2.75. The third-order valence-electron chi connectivity index (χ3n) is 4.36. The van der Waals surface area contributed by atoms with E-state index in [1.54, 1.807) is 5.56 Å². The topological polar surface area (TPSA) is 12.0 Å².